The van der Waals surface area contributed by atoms with Gasteiger partial charge in [0.05, 0.1) is 0 Å². The molecule has 112 valence electrons. The van der Waals surface area contributed by atoms with Crippen LogP contribution in [0.2, 0.25) is 0 Å². The Morgan fingerprint density at radius 2 is 2.15 bits per heavy atom. The molecule has 6 nitrogen and oxygen atoms in total. The summed E-state index contributed by atoms with van der Waals surface area (Å²) < 4.78 is 27.6. The van der Waals surface area contributed by atoms with Gasteiger partial charge in [-0.25, -0.2) is 17.9 Å². The molecule has 8 heteroatoms. The molecule has 0 bridgehead atoms. The molecule has 0 amide bonds. The predicted molar refractivity (Wildman–Crippen MR) is 77.9 cm³/mol. The number of aromatic amines is 1. The van der Waals surface area contributed by atoms with Gasteiger partial charge in [-0.05, 0) is 32.4 Å². The molecule has 1 aromatic rings. The van der Waals surface area contributed by atoms with Crippen LogP contribution in [0.15, 0.2) is 4.90 Å². The number of sulfonamides is 1. The van der Waals surface area contributed by atoms with E-state index in [0.717, 1.165) is 24.3 Å². The molecular formula is C12H18N2O4S2. The van der Waals surface area contributed by atoms with E-state index in [1.807, 2.05) is 0 Å². The lowest BCUT2D eigenvalue weighted by molar-refractivity contribution is 0.0690. The maximum atomic E-state index is 12.4. The van der Waals surface area contributed by atoms with Crippen LogP contribution >= 0.6 is 11.8 Å². The maximum absolute atomic E-state index is 12.4. The van der Waals surface area contributed by atoms with Gasteiger partial charge in [-0.3, -0.25) is 0 Å². The Labute approximate surface area is 122 Å². The zero-order chi connectivity index (χ0) is 14.9. The first-order chi connectivity index (χ1) is 9.33. The second kappa shape index (κ2) is 5.79. The Bertz CT molecular complexity index is 616. The van der Waals surface area contributed by atoms with Crippen molar-refractivity contribution in [2.45, 2.75) is 37.6 Å². The number of carbonyl (C=O) groups is 1. The number of carboxylic acid groups (broad SMARTS) is 1. The minimum absolute atomic E-state index is 0.0606. The minimum atomic E-state index is -3.69. The van der Waals surface area contributed by atoms with Crippen molar-refractivity contribution >= 4 is 27.8 Å². The van der Waals surface area contributed by atoms with E-state index >= 15 is 0 Å². The summed E-state index contributed by atoms with van der Waals surface area (Å²) in [6.07, 6.45) is 1.81. The summed E-state index contributed by atoms with van der Waals surface area (Å²) in [5.74, 6) is 0.664. The Hall–Kier alpha value is -0.990. The molecule has 2 rings (SSSR count). The number of carboxylic acids is 1. The van der Waals surface area contributed by atoms with Crippen molar-refractivity contribution in [1.82, 2.24) is 9.71 Å². The molecule has 1 saturated heterocycles. The SMILES string of the molecule is Cc1[nH]c(C(=O)O)c(C)c1S(=O)(=O)NC1CCCSC1. The Balaban J connectivity index is 2.31. The van der Waals surface area contributed by atoms with Gasteiger partial charge in [0.15, 0.2) is 0 Å². The van der Waals surface area contributed by atoms with Gasteiger partial charge in [-0.15, -0.1) is 0 Å². The molecule has 1 aliphatic heterocycles. The molecule has 1 aliphatic rings. The molecule has 1 unspecified atom stereocenters. The first kappa shape index (κ1) is 15.4. The predicted octanol–water partition coefficient (Wildman–Crippen LogP) is 1.50. The van der Waals surface area contributed by atoms with Crippen LogP contribution in [0.25, 0.3) is 0 Å². The smallest absolute Gasteiger partial charge is 0.352 e. The van der Waals surface area contributed by atoms with Gasteiger partial charge in [0, 0.05) is 23.1 Å². The van der Waals surface area contributed by atoms with E-state index < -0.39 is 16.0 Å². The number of hydrogen-bond acceptors (Lipinski definition) is 4. The van der Waals surface area contributed by atoms with Crippen LogP contribution in [-0.2, 0) is 10.0 Å². The fourth-order valence-corrected chi connectivity index (χ4v) is 5.36. The Morgan fingerprint density at radius 3 is 2.65 bits per heavy atom. The van der Waals surface area contributed by atoms with Gasteiger partial charge < -0.3 is 10.1 Å². The van der Waals surface area contributed by atoms with Crippen LogP contribution < -0.4 is 4.72 Å². The van der Waals surface area contributed by atoms with E-state index in [4.69, 9.17) is 5.11 Å². The van der Waals surface area contributed by atoms with E-state index in [1.165, 1.54) is 6.92 Å². The topological polar surface area (TPSA) is 99.3 Å². The molecular weight excluding hydrogens is 300 g/mol. The van der Waals surface area contributed by atoms with Crippen LogP contribution in [-0.4, -0.2) is 42.0 Å². The first-order valence-electron chi connectivity index (χ1n) is 6.35. The summed E-state index contributed by atoms with van der Waals surface area (Å²) in [5, 5.41) is 9.04. The van der Waals surface area contributed by atoms with Crippen molar-refractivity contribution in [2.24, 2.45) is 0 Å². The summed E-state index contributed by atoms with van der Waals surface area (Å²) in [6.45, 7) is 3.08. The number of thioether (sulfide) groups is 1. The quantitative estimate of drug-likeness (QED) is 0.781. The molecule has 0 radical (unpaired) electrons. The minimum Gasteiger partial charge on any atom is -0.477 e. The van der Waals surface area contributed by atoms with Crippen LogP contribution in [0.3, 0.4) is 0 Å². The molecule has 0 saturated carbocycles. The molecule has 3 N–H and O–H groups in total. The monoisotopic (exact) mass is 318 g/mol. The molecule has 1 aromatic heterocycles. The molecule has 0 aliphatic carbocycles. The van der Waals surface area contributed by atoms with Gasteiger partial charge in [0.25, 0.3) is 0 Å². The average molecular weight is 318 g/mol. The highest BCUT2D eigenvalue weighted by Gasteiger charge is 2.29. The van der Waals surface area contributed by atoms with Gasteiger partial charge in [0.2, 0.25) is 10.0 Å². The average Bonchev–Trinajstić information content (AvgIpc) is 2.66. The zero-order valence-corrected chi connectivity index (χ0v) is 13.0. The highest BCUT2D eigenvalue weighted by molar-refractivity contribution is 7.99. The summed E-state index contributed by atoms with van der Waals surface area (Å²) in [5.41, 5.74) is 0.544. The summed E-state index contributed by atoms with van der Waals surface area (Å²) >= 11 is 1.73. The van der Waals surface area contributed by atoms with Gasteiger partial charge in [-0.2, -0.15) is 11.8 Å². The van der Waals surface area contributed by atoms with Crippen LogP contribution in [0.4, 0.5) is 0 Å². The van der Waals surface area contributed by atoms with E-state index in [9.17, 15) is 13.2 Å². The van der Waals surface area contributed by atoms with Gasteiger partial charge in [0.1, 0.15) is 10.6 Å². The van der Waals surface area contributed by atoms with Crippen molar-refractivity contribution in [1.29, 1.82) is 0 Å². The van der Waals surface area contributed by atoms with Crippen molar-refractivity contribution < 1.29 is 18.3 Å². The van der Waals surface area contributed by atoms with Crippen LogP contribution in [0, 0.1) is 13.8 Å². The highest BCUT2D eigenvalue weighted by Crippen LogP contribution is 2.25. The lowest BCUT2D eigenvalue weighted by Gasteiger charge is -2.22. The lowest BCUT2D eigenvalue weighted by atomic mass is 10.2. The number of hydrogen-bond donors (Lipinski definition) is 3. The van der Waals surface area contributed by atoms with E-state index in [-0.39, 0.29) is 22.2 Å². The molecule has 2 heterocycles. The van der Waals surface area contributed by atoms with Crippen LogP contribution in [0.1, 0.15) is 34.6 Å². The summed E-state index contributed by atoms with van der Waals surface area (Å²) in [4.78, 5) is 13.7. The highest BCUT2D eigenvalue weighted by atomic mass is 32.2. The van der Waals surface area contributed by atoms with E-state index in [1.54, 1.807) is 18.7 Å². The second-order valence-electron chi connectivity index (χ2n) is 4.92. The fraction of sp³-hybridized carbons (Fsp3) is 0.583. The third-order valence-corrected chi connectivity index (χ3v) is 6.34. The van der Waals surface area contributed by atoms with Crippen molar-refractivity contribution in [3.8, 4) is 0 Å². The molecule has 0 aromatic carbocycles. The lowest BCUT2D eigenvalue weighted by Crippen LogP contribution is -2.38. The number of rotatable bonds is 4. The third kappa shape index (κ3) is 3.02. The fourth-order valence-electron chi connectivity index (χ4n) is 2.46. The molecule has 1 fully saturated rings. The Kier molecular flexibility index (Phi) is 4.46. The summed E-state index contributed by atoms with van der Waals surface area (Å²) in [6, 6.07) is -0.0827. The normalized spacial score (nSPS) is 20.0. The first-order valence-corrected chi connectivity index (χ1v) is 8.99. The molecule has 0 spiro atoms. The summed E-state index contributed by atoms with van der Waals surface area (Å²) in [7, 11) is -3.69. The largest absolute Gasteiger partial charge is 0.477 e. The number of aromatic nitrogens is 1. The number of nitrogens with one attached hydrogen (secondary N) is 2. The molecule has 1 atom stereocenters. The number of H-pyrrole nitrogens is 1. The van der Waals surface area contributed by atoms with E-state index in [2.05, 4.69) is 9.71 Å². The Morgan fingerprint density at radius 1 is 1.45 bits per heavy atom. The second-order valence-corrected chi connectivity index (χ2v) is 7.72. The number of aromatic carboxylic acids is 1. The standard InChI is InChI=1S/C12H18N2O4S2/c1-7-10(12(15)16)13-8(2)11(7)20(17,18)14-9-4-3-5-19-6-9/h9,13-14H,3-6H2,1-2H3,(H,15,16). The van der Waals surface area contributed by atoms with Crippen molar-refractivity contribution in [2.75, 3.05) is 11.5 Å². The maximum Gasteiger partial charge on any atom is 0.352 e. The third-order valence-electron chi connectivity index (χ3n) is 3.33. The van der Waals surface area contributed by atoms with Crippen molar-refractivity contribution in [3.63, 3.8) is 0 Å². The van der Waals surface area contributed by atoms with Gasteiger partial charge in [-0.1, -0.05) is 0 Å². The van der Waals surface area contributed by atoms with Crippen molar-refractivity contribution in [3.05, 3.63) is 17.0 Å². The molecule has 20 heavy (non-hydrogen) atoms. The zero-order valence-electron chi connectivity index (χ0n) is 11.4. The van der Waals surface area contributed by atoms with Crippen LogP contribution in [0.5, 0.6) is 0 Å². The number of aryl methyl sites for hydroxylation is 1. The van der Waals surface area contributed by atoms with E-state index in [0.29, 0.717) is 5.69 Å². The van der Waals surface area contributed by atoms with Gasteiger partial charge >= 0.3 is 5.97 Å².